The summed E-state index contributed by atoms with van der Waals surface area (Å²) >= 11 is 0. The number of hydrogen-bond donors (Lipinski definition) is 1. The van der Waals surface area contributed by atoms with Crippen LogP contribution in [0, 0.1) is 13.8 Å². The molecule has 1 aromatic heterocycles. The first-order valence-electron chi connectivity index (χ1n) is 7.12. The van der Waals surface area contributed by atoms with Gasteiger partial charge in [-0.3, -0.25) is 0 Å². The van der Waals surface area contributed by atoms with Gasteiger partial charge in [-0.15, -0.1) is 0 Å². The SMILES string of the molecule is CCCOc1cccc(C(NC)c2cc(C)oc2C)c1. The Bertz CT molecular complexity index is 560. The van der Waals surface area contributed by atoms with Crippen molar-refractivity contribution in [3.05, 3.63) is 53.0 Å². The Kier molecular flexibility index (Phi) is 4.85. The molecule has 108 valence electrons. The zero-order valence-corrected chi connectivity index (χ0v) is 12.7. The van der Waals surface area contributed by atoms with Crippen molar-refractivity contribution in [3.8, 4) is 5.75 Å². The van der Waals surface area contributed by atoms with E-state index in [9.17, 15) is 0 Å². The molecule has 2 rings (SSSR count). The molecule has 1 aromatic carbocycles. The molecule has 0 fully saturated rings. The smallest absolute Gasteiger partial charge is 0.119 e. The van der Waals surface area contributed by atoms with Crippen LogP contribution in [0.2, 0.25) is 0 Å². The van der Waals surface area contributed by atoms with Gasteiger partial charge in [0.25, 0.3) is 0 Å². The average Bonchev–Trinajstić information content (AvgIpc) is 2.77. The summed E-state index contributed by atoms with van der Waals surface area (Å²) in [4.78, 5) is 0. The lowest BCUT2D eigenvalue weighted by atomic mass is 9.99. The van der Waals surface area contributed by atoms with Crippen molar-refractivity contribution in [2.45, 2.75) is 33.2 Å². The van der Waals surface area contributed by atoms with E-state index in [4.69, 9.17) is 9.15 Å². The summed E-state index contributed by atoms with van der Waals surface area (Å²) < 4.78 is 11.4. The van der Waals surface area contributed by atoms with Gasteiger partial charge >= 0.3 is 0 Å². The summed E-state index contributed by atoms with van der Waals surface area (Å²) in [5.41, 5.74) is 2.36. The summed E-state index contributed by atoms with van der Waals surface area (Å²) in [5, 5.41) is 3.36. The number of benzene rings is 1. The van der Waals surface area contributed by atoms with Crippen LogP contribution in [-0.4, -0.2) is 13.7 Å². The third-order valence-electron chi connectivity index (χ3n) is 3.34. The average molecular weight is 273 g/mol. The molecule has 0 aliphatic rings. The maximum atomic E-state index is 5.71. The Hall–Kier alpha value is -1.74. The van der Waals surface area contributed by atoms with Gasteiger partial charge in [0.05, 0.1) is 12.6 Å². The predicted molar refractivity (Wildman–Crippen MR) is 81.3 cm³/mol. The fourth-order valence-electron chi connectivity index (χ4n) is 2.44. The van der Waals surface area contributed by atoms with Gasteiger partial charge < -0.3 is 14.5 Å². The van der Waals surface area contributed by atoms with E-state index in [1.165, 1.54) is 11.1 Å². The quantitative estimate of drug-likeness (QED) is 0.864. The molecule has 0 radical (unpaired) electrons. The van der Waals surface area contributed by atoms with Gasteiger partial charge in [0.2, 0.25) is 0 Å². The van der Waals surface area contributed by atoms with E-state index in [0.717, 1.165) is 30.3 Å². The van der Waals surface area contributed by atoms with Gasteiger partial charge in [-0.25, -0.2) is 0 Å². The fourth-order valence-corrected chi connectivity index (χ4v) is 2.44. The number of hydrogen-bond acceptors (Lipinski definition) is 3. The Labute approximate surface area is 121 Å². The molecule has 20 heavy (non-hydrogen) atoms. The lowest BCUT2D eigenvalue weighted by molar-refractivity contribution is 0.317. The van der Waals surface area contributed by atoms with Crippen LogP contribution in [-0.2, 0) is 0 Å². The summed E-state index contributed by atoms with van der Waals surface area (Å²) in [6.07, 6.45) is 1.01. The van der Waals surface area contributed by atoms with Crippen molar-refractivity contribution in [1.29, 1.82) is 0 Å². The summed E-state index contributed by atoms with van der Waals surface area (Å²) in [6, 6.07) is 10.5. The summed E-state index contributed by atoms with van der Waals surface area (Å²) in [7, 11) is 1.96. The fraction of sp³-hybridized carbons (Fsp3) is 0.412. The minimum atomic E-state index is 0.123. The van der Waals surface area contributed by atoms with Crippen LogP contribution in [0.5, 0.6) is 5.75 Å². The van der Waals surface area contributed by atoms with E-state index in [0.29, 0.717) is 0 Å². The Morgan fingerprint density at radius 1 is 1.25 bits per heavy atom. The second-order valence-corrected chi connectivity index (χ2v) is 5.01. The van der Waals surface area contributed by atoms with Crippen LogP contribution in [0.15, 0.2) is 34.7 Å². The molecule has 1 heterocycles. The Morgan fingerprint density at radius 2 is 2.05 bits per heavy atom. The monoisotopic (exact) mass is 273 g/mol. The van der Waals surface area contributed by atoms with Crippen molar-refractivity contribution in [2.75, 3.05) is 13.7 Å². The lowest BCUT2D eigenvalue weighted by Crippen LogP contribution is -2.18. The van der Waals surface area contributed by atoms with Crippen molar-refractivity contribution in [2.24, 2.45) is 0 Å². The third-order valence-corrected chi connectivity index (χ3v) is 3.34. The maximum absolute atomic E-state index is 5.71. The number of nitrogens with one attached hydrogen (secondary N) is 1. The van der Waals surface area contributed by atoms with Crippen LogP contribution in [0.25, 0.3) is 0 Å². The van der Waals surface area contributed by atoms with E-state index in [-0.39, 0.29) is 6.04 Å². The van der Waals surface area contributed by atoms with Crippen LogP contribution < -0.4 is 10.1 Å². The molecule has 3 nitrogen and oxygen atoms in total. The van der Waals surface area contributed by atoms with Gasteiger partial charge in [-0.1, -0.05) is 19.1 Å². The molecule has 0 saturated heterocycles. The second-order valence-electron chi connectivity index (χ2n) is 5.01. The molecule has 0 aliphatic heterocycles. The first kappa shape index (κ1) is 14.7. The molecular formula is C17H23NO2. The highest BCUT2D eigenvalue weighted by Crippen LogP contribution is 2.29. The molecule has 0 amide bonds. The molecule has 0 spiro atoms. The Balaban J connectivity index is 2.29. The lowest BCUT2D eigenvalue weighted by Gasteiger charge is -2.17. The molecule has 0 saturated carbocycles. The van der Waals surface area contributed by atoms with Gasteiger partial charge in [-0.2, -0.15) is 0 Å². The van der Waals surface area contributed by atoms with Crippen LogP contribution in [0.3, 0.4) is 0 Å². The first-order valence-corrected chi connectivity index (χ1v) is 7.12. The van der Waals surface area contributed by atoms with Crippen molar-refractivity contribution in [3.63, 3.8) is 0 Å². The number of aryl methyl sites for hydroxylation is 2. The molecule has 1 N–H and O–H groups in total. The molecule has 1 atom stereocenters. The van der Waals surface area contributed by atoms with Crippen LogP contribution in [0.4, 0.5) is 0 Å². The van der Waals surface area contributed by atoms with Gasteiger partial charge in [0, 0.05) is 5.56 Å². The first-order chi connectivity index (χ1) is 9.65. The maximum Gasteiger partial charge on any atom is 0.119 e. The molecule has 2 aromatic rings. The molecular weight excluding hydrogens is 250 g/mol. The molecule has 0 aliphatic carbocycles. The summed E-state index contributed by atoms with van der Waals surface area (Å²) in [5.74, 6) is 2.82. The largest absolute Gasteiger partial charge is 0.494 e. The number of ether oxygens (including phenoxy) is 1. The van der Waals surface area contributed by atoms with E-state index < -0.39 is 0 Å². The molecule has 3 heteroatoms. The van der Waals surface area contributed by atoms with Crippen molar-refractivity contribution < 1.29 is 9.15 Å². The summed E-state index contributed by atoms with van der Waals surface area (Å²) in [6.45, 7) is 6.84. The van der Waals surface area contributed by atoms with E-state index >= 15 is 0 Å². The molecule has 1 unspecified atom stereocenters. The highest BCUT2D eigenvalue weighted by Gasteiger charge is 2.17. The van der Waals surface area contributed by atoms with Gasteiger partial charge in [-0.05, 0) is 51.1 Å². The minimum absolute atomic E-state index is 0.123. The van der Waals surface area contributed by atoms with Crippen molar-refractivity contribution in [1.82, 2.24) is 5.32 Å². The zero-order valence-electron chi connectivity index (χ0n) is 12.7. The zero-order chi connectivity index (χ0) is 14.5. The predicted octanol–water partition coefficient (Wildman–Crippen LogP) is 3.99. The van der Waals surface area contributed by atoms with Crippen LogP contribution >= 0.6 is 0 Å². The topological polar surface area (TPSA) is 34.4 Å². The van der Waals surface area contributed by atoms with E-state index in [2.05, 4.69) is 30.4 Å². The second kappa shape index (κ2) is 6.62. The number of rotatable bonds is 6. The highest BCUT2D eigenvalue weighted by atomic mass is 16.5. The third kappa shape index (κ3) is 3.23. The van der Waals surface area contributed by atoms with Crippen LogP contribution in [0.1, 0.15) is 42.0 Å². The normalized spacial score (nSPS) is 12.4. The Morgan fingerprint density at radius 3 is 2.65 bits per heavy atom. The van der Waals surface area contributed by atoms with Gasteiger partial charge in [0.15, 0.2) is 0 Å². The van der Waals surface area contributed by atoms with Crippen molar-refractivity contribution >= 4 is 0 Å². The van der Waals surface area contributed by atoms with Gasteiger partial charge in [0.1, 0.15) is 17.3 Å². The molecule has 0 bridgehead atoms. The standard InChI is InChI=1S/C17H23NO2/c1-5-9-19-15-8-6-7-14(11-15)17(18-4)16-10-12(2)20-13(16)3/h6-8,10-11,17-18H,5,9H2,1-4H3. The highest BCUT2D eigenvalue weighted by molar-refractivity contribution is 5.38. The van der Waals surface area contributed by atoms with E-state index in [1.807, 2.05) is 33.0 Å². The minimum Gasteiger partial charge on any atom is -0.494 e. The van der Waals surface area contributed by atoms with E-state index in [1.54, 1.807) is 0 Å². The number of furan rings is 1.